The zero-order chi connectivity index (χ0) is 12.8. The molecule has 0 atom stereocenters. The van der Waals surface area contributed by atoms with Crippen LogP contribution in [0.5, 0.6) is 5.75 Å². The van der Waals surface area contributed by atoms with E-state index in [0.717, 1.165) is 0 Å². The summed E-state index contributed by atoms with van der Waals surface area (Å²) in [4.78, 5) is 10.3. The maximum absolute atomic E-state index is 10.8. The number of nitrogens with zero attached hydrogens (tertiary/aromatic N) is 1. The van der Waals surface area contributed by atoms with E-state index in [1.165, 1.54) is 19.2 Å². The average molecular weight is 258 g/mol. The van der Waals surface area contributed by atoms with Gasteiger partial charge in [0, 0.05) is 18.7 Å². The van der Waals surface area contributed by atoms with Gasteiger partial charge in [-0.15, -0.1) is 0 Å². The molecule has 0 saturated carbocycles. The van der Waals surface area contributed by atoms with Gasteiger partial charge >= 0.3 is 5.69 Å². The van der Waals surface area contributed by atoms with E-state index in [1.807, 2.05) is 0 Å². The Morgan fingerprint density at radius 1 is 1.59 bits per heavy atom. The first-order valence-corrected chi connectivity index (χ1v) is 5.27. The Kier molecular flexibility index (Phi) is 4.93. The highest BCUT2D eigenvalue weighted by molar-refractivity contribution is 6.32. The number of halogens is 1. The minimum atomic E-state index is -0.529. The Balaban J connectivity index is 3.15. The van der Waals surface area contributed by atoms with Crippen molar-refractivity contribution in [2.24, 2.45) is 0 Å². The molecule has 0 radical (unpaired) electrons. The van der Waals surface area contributed by atoms with Crippen molar-refractivity contribution in [3.8, 4) is 5.75 Å². The third-order valence-electron chi connectivity index (χ3n) is 2.09. The molecule has 0 heterocycles. The van der Waals surface area contributed by atoms with Crippen LogP contribution in [0.1, 0.15) is 12.0 Å². The largest absolute Gasteiger partial charge is 0.490 e. The summed E-state index contributed by atoms with van der Waals surface area (Å²) >= 11 is 5.95. The van der Waals surface area contributed by atoms with Gasteiger partial charge in [0.05, 0.1) is 17.1 Å². The highest BCUT2D eigenvalue weighted by Gasteiger charge is 2.17. The first kappa shape index (κ1) is 13.5. The van der Waals surface area contributed by atoms with E-state index in [2.05, 4.69) is 0 Å². The first-order valence-electron chi connectivity index (χ1n) is 4.89. The van der Waals surface area contributed by atoms with Crippen LogP contribution in [0.15, 0.2) is 18.2 Å². The van der Waals surface area contributed by atoms with Gasteiger partial charge in [-0.3, -0.25) is 10.1 Å². The number of hydrogen-bond acceptors (Lipinski definition) is 4. The van der Waals surface area contributed by atoms with Crippen molar-refractivity contribution in [2.75, 3.05) is 13.7 Å². The average Bonchev–Trinajstić information content (AvgIpc) is 2.30. The lowest BCUT2D eigenvalue weighted by Gasteiger charge is -2.04. The molecule has 0 aliphatic rings. The van der Waals surface area contributed by atoms with E-state index in [4.69, 9.17) is 21.4 Å². The maximum atomic E-state index is 10.8. The summed E-state index contributed by atoms with van der Waals surface area (Å²) in [7, 11) is 1.35. The molecule has 1 aromatic rings. The summed E-state index contributed by atoms with van der Waals surface area (Å²) in [5.41, 5.74) is 0.383. The Hall–Kier alpha value is -1.59. The second kappa shape index (κ2) is 6.22. The van der Waals surface area contributed by atoms with E-state index in [0.29, 0.717) is 17.0 Å². The number of nitro benzene ring substituents is 1. The molecule has 17 heavy (non-hydrogen) atoms. The molecule has 1 N–H and O–H groups in total. The summed E-state index contributed by atoms with van der Waals surface area (Å²) in [6, 6.07) is 2.74. The van der Waals surface area contributed by atoms with Crippen LogP contribution in [0, 0.1) is 10.1 Å². The first-order chi connectivity index (χ1) is 8.10. The quantitative estimate of drug-likeness (QED) is 0.650. The highest BCUT2D eigenvalue weighted by atomic mass is 35.5. The molecule has 0 unspecified atom stereocenters. The lowest BCUT2D eigenvalue weighted by Crippen LogP contribution is -1.94. The molecule has 1 rings (SSSR count). The van der Waals surface area contributed by atoms with Crippen LogP contribution in [0.2, 0.25) is 5.02 Å². The minimum Gasteiger partial charge on any atom is -0.490 e. The van der Waals surface area contributed by atoms with Crippen molar-refractivity contribution in [3.63, 3.8) is 0 Å². The van der Waals surface area contributed by atoms with E-state index in [1.54, 1.807) is 12.2 Å². The van der Waals surface area contributed by atoms with Gasteiger partial charge in [0.25, 0.3) is 0 Å². The topological polar surface area (TPSA) is 72.6 Å². The van der Waals surface area contributed by atoms with Crippen LogP contribution in [-0.2, 0) is 0 Å². The molecule has 5 nitrogen and oxygen atoms in total. The molecule has 0 spiro atoms. The van der Waals surface area contributed by atoms with Gasteiger partial charge in [-0.05, 0) is 12.0 Å². The monoisotopic (exact) mass is 257 g/mol. The number of nitro groups is 1. The van der Waals surface area contributed by atoms with Crippen molar-refractivity contribution < 1.29 is 14.8 Å². The molecule has 0 amide bonds. The molecule has 0 fully saturated rings. The van der Waals surface area contributed by atoms with Gasteiger partial charge in [0.1, 0.15) is 0 Å². The van der Waals surface area contributed by atoms with Gasteiger partial charge in [-0.1, -0.05) is 23.8 Å². The van der Waals surface area contributed by atoms with Crippen LogP contribution in [0.25, 0.3) is 6.08 Å². The second-order valence-corrected chi connectivity index (χ2v) is 3.62. The number of methoxy groups -OCH3 is 1. The molecule has 0 aliphatic carbocycles. The normalized spacial score (nSPS) is 10.8. The second-order valence-electron chi connectivity index (χ2n) is 3.22. The fourth-order valence-electron chi connectivity index (χ4n) is 1.28. The van der Waals surface area contributed by atoms with Crippen molar-refractivity contribution in [2.45, 2.75) is 6.42 Å². The lowest BCUT2D eigenvalue weighted by molar-refractivity contribution is -0.385. The van der Waals surface area contributed by atoms with Gasteiger partial charge in [-0.2, -0.15) is 0 Å². The standard InChI is InChI=1S/C11H12ClNO4/c1-17-11-7-9(12)8(4-2-3-5-14)6-10(11)13(15)16/h2,4,6-7,14H,3,5H2,1H3. The van der Waals surface area contributed by atoms with E-state index >= 15 is 0 Å². The third-order valence-corrected chi connectivity index (χ3v) is 2.42. The van der Waals surface area contributed by atoms with Gasteiger partial charge in [0.2, 0.25) is 0 Å². The van der Waals surface area contributed by atoms with Crippen molar-refractivity contribution in [3.05, 3.63) is 38.9 Å². The highest BCUT2D eigenvalue weighted by Crippen LogP contribution is 2.33. The number of ether oxygens (including phenoxy) is 1. The molecule has 1 aromatic carbocycles. The number of hydrogen-bond donors (Lipinski definition) is 1. The summed E-state index contributed by atoms with van der Waals surface area (Å²) in [5, 5.41) is 19.8. The molecule has 0 aliphatic heterocycles. The molecule has 0 aromatic heterocycles. The van der Waals surface area contributed by atoms with E-state index in [9.17, 15) is 10.1 Å². The van der Waals surface area contributed by atoms with Gasteiger partial charge < -0.3 is 9.84 Å². The SMILES string of the molecule is COc1cc(Cl)c(C=CCCO)cc1[N+](=O)[O-]. The maximum Gasteiger partial charge on any atom is 0.311 e. The summed E-state index contributed by atoms with van der Waals surface area (Å²) in [5.74, 6) is 0.124. The Morgan fingerprint density at radius 3 is 2.82 bits per heavy atom. The Labute approximate surface area is 103 Å². The van der Waals surface area contributed by atoms with Crippen LogP contribution in [-0.4, -0.2) is 23.7 Å². The number of rotatable bonds is 5. The minimum absolute atomic E-state index is 0.0202. The van der Waals surface area contributed by atoms with Crippen molar-refractivity contribution in [1.29, 1.82) is 0 Å². The number of benzene rings is 1. The van der Waals surface area contributed by atoms with E-state index < -0.39 is 4.92 Å². The Morgan fingerprint density at radius 2 is 2.29 bits per heavy atom. The molecular formula is C11H12ClNO4. The smallest absolute Gasteiger partial charge is 0.311 e. The van der Waals surface area contributed by atoms with Crippen LogP contribution < -0.4 is 4.74 Å². The Bertz CT molecular complexity index is 445. The molecular weight excluding hydrogens is 246 g/mol. The van der Waals surface area contributed by atoms with Crippen molar-refractivity contribution >= 4 is 23.4 Å². The van der Waals surface area contributed by atoms with Crippen molar-refractivity contribution in [1.82, 2.24) is 0 Å². The molecule has 0 bridgehead atoms. The fraction of sp³-hybridized carbons (Fsp3) is 0.273. The summed E-state index contributed by atoms with van der Waals surface area (Å²) in [6.07, 6.45) is 3.79. The number of aliphatic hydroxyl groups is 1. The van der Waals surface area contributed by atoms with Gasteiger partial charge in [0.15, 0.2) is 5.75 Å². The fourth-order valence-corrected chi connectivity index (χ4v) is 1.50. The number of aliphatic hydroxyl groups excluding tert-OH is 1. The van der Waals surface area contributed by atoms with E-state index in [-0.39, 0.29) is 18.0 Å². The third kappa shape index (κ3) is 3.44. The van der Waals surface area contributed by atoms with Gasteiger partial charge in [-0.25, -0.2) is 0 Å². The predicted octanol–water partition coefficient (Wildman–Crippen LogP) is 2.65. The molecule has 6 heteroatoms. The summed E-state index contributed by atoms with van der Waals surface area (Å²) in [6.45, 7) is 0.0202. The predicted molar refractivity (Wildman–Crippen MR) is 65.4 cm³/mol. The van der Waals surface area contributed by atoms with Crippen LogP contribution in [0.3, 0.4) is 0 Å². The molecule has 92 valence electrons. The zero-order valence-electron chi connectivity index (χ0n) is 9.22. The molecule has 0 saturated heterocycles. The summed E-state index contributed by atoms with van der Waals surface area (Å²) < 4.78 is 4.88. The lowest BCUT2D eigenvalue weighted by atomic mass is 10.1. The van der Waals surface area contributed by atoms with Crippen LogP contribution >= 0.6 is 11.6 Å². The zero-order valence-corrected chi connectivity index (χ0v) is 9.98. The van der Waals surface area contributed by atoms with Crippen LogP contribution in [0.4, 0.5) is 5.69 Å².